The van der Waals surface area contributed by atoms with E-state index in [1.54, 1.807) is 26.1 Å². The number of hydrogen-bond acceptors (Lipinski definition) is 4. The van der Waals surface area contributed by atoms with Crippen LogP contribution in [-0.4, -0.2) is 15.5 Å². The van der Waals surface area contributed by atoms with E-state index >= 15 is 0 Å². The number of aryl methyl sites for hydroxylation is 2. The van der Waals surface area contributed by atoms with Gasteiger partial charge in [-0.2, -0.15) is 0 Å². The Morgan fingerprint density at radius 3 is 2.65 bits per heavy atom. The molecular weight excluding hydrogens is 332 g/mol. The molecule has 26 heavy (non-hydrogen) atoms. The molecular formula is C20H18N2O4. The molecule has 0 spiro atoms. The van der Waals surface area contributed by atoms with Gasteiger partial charge in [-0.3, -0.25) is 14.4 Å². The molecule has 0 radical (unpaired) electrons. The fraction of sp³-hybridized carbons (Fsp3) is 0.250. The summed E-state index contributed by atoms with van der Waals surface area (Å²) in [7, 11) is 1.67. The van der Waals surface area contributed by atoms with E-state index in [0.717, 1.165) is 16.5 Å². The van der Waals surface area contributed by atoms with Gasteiger partial charge < -0.3 is 14.3 Å². The Hall–Kier alpha value is -3.15. The molecule has 1 aliphatic heterocycles. The average molecular weight is 350 g/mol. The predicted octanol–water partition coefficient (Wildman–Crippen LogP) is 2.28. The van der Waals surface area contributed by atoms with Gasteiger partial charge >= 0.3 is 5.97 Å². The zero-order valence-corrected chi connectivity index (χ0v) is 14.8. The highest BCUT2D eigenvalue weighted by Gasteiger charge is 2.33. The highest BCUT2D eigenvalue weighted by atomic mass is 16.5. The summed E-state index contributed by atoms with van der Waals surface area (Å²) in [4.78, 5) is 40.5. The maximum Gasteiger partial charge on any atom is 0.312 e. The lowest BCUT2D eigenvalue weighted by Crippen LogP contribution is -2.34. The van der Waals surface area contributed by atoms with Crippen LogP contribution in [0.15, 0.2) is 39.9 Å². The average Bonchev–Trinajstić information content (AvgIpc) is 2.58. The Labute approximate surface area is 149 Å². The third-order valence-electron chi connectivity index (χ3n) is 5.02. The van der Waals surface area contributed by atoms with Crippen LogP contribution < -0.4 is 15.9 Å². The van der Waals surface area contributed by atoms with Crippen molar-refractivity contribution in [3.8, 4) is 5.75 Å². The molecule has 132 valence electrons. The summed E-state index contributed by atoms with van der Waals surface area (Å²) >= 11 is 0. The first-order valence-electron chi connectivity index (χ1n) is 8.40. The Kier molecular flexibility index (Phi) is 3.57. The number of carbonyl (C=O) groups is 1. The number of nitrogens with zero attached hydrogens (tertiary/aromatic N) is 1. The van der Waals surface area contributed by atoms with Crippen LogP contribution in [0.25, 0.3) is 10.9 Å². The first-order chi connectivity index (χ1) is 12.3. The predicted molar refractivity (Wildman–Crippen MR) is 97.8 cm³/mol. The second kappa shape index (κ2) is 5.69. The van der Waals surface area contributed by atoms with Gasteiger partial charge in [0.05, 0.1) is 12.0 Å². The summed E-state index contributed by atoms with van der Waals surface area (Å²) in [5.74, 6) is -0.825. The molecule has 1 aliphatic rings. The summed E-state index contributed by atoms with van der Waals surface area (Å²) < 4.78 is 6.79. The van der Waals surface area contributed by atoms with Crippen LogP contribution in [0.4, 0.5) is 0 Å². The van der Waals surface area contributed by atoms with Crippen molar-refractivity contribution in [2.75, 3.05) is 0 Å². The molecule has 0 fully saturated rings. The van der Waals surface area contributed by atoms with Crippen molar-refractivity contribution >= 4 is 16.9 Å². The molecule has 0 aliphatic carbocycles. The number of benzene rings is 1. The monoisotopic (exact) mass is 350 g/mol. The number of aromatic amines is 1. The van der Waals surface area contributed by atoms with Crippen LogP contribution in [0.1, 0.15) is 34.7 Å². The fourth-order valence-corrected chi connectivity index (χ4v) is 3.52. The number of aromatic nitrogens is 2. The highest BCUT2D eigenvalue weighted by molar-refractivity contribution is 5.81. The molecule has 2 aromatic heterocycles. The minimum Gasteiger partial charge on any atom is -0.426 e. The molecule has 0 bridgehead atoms. The number of ether oxygens (including phenoxy) is 1. The van der Waals surface area contributed by atoms with E-state index < -0.39 is 11.9 Å². The van der Waals surface area contributed by atoms with Crippen molar-refractivity contribution in [1.29, 1.82) is 0 Å². The number of rotatable bonds is 1. The van der Waals surface area contributed by atoms with Gasteiger partial charge in [0.15, 0.2) is 0 Å². The zero-order chi connectivity index (χ0) is 18.6. The molecule has 1 aromatic carbocycles. The van der Waals surface area contributed by atoms with Crippen LogP contribution in [0.2, 0.25) is 0 Å². The summed E-state index contributed by atoms with van der Waals surface area (Å²) in [6.45, 7) is 3.74. The lowest BCUT2D eigenvalue weighted by Gasteiger charge is -2.25. The van der Waals surface area contributed by atoms with E-state index in [9.17, 15) is 14.4 Å². The van der Waals surface area contributed by atoms with E-state index in [-0.39, 0.29) is 23.3 Å². The second-order valence-corrected chi connectivity index (χ2v) is 6.80. The summed E-state index contributed by atoms with van der Waals surface area (Å²) in [5, 5.41) is 0.865. The summed E-state index contributed by atoms with van der Waals surface area (Å²) in [6, 6.07) is 9.17. The first-order valence-corrected chi connectivity index (χ1v) is 8.40. The van der Waals surface area contributed by atoms with Crippen molar-refractivity contribution < 1.29 is 9.53 Å². The molecule has 3 heterocycles. The van der Waals surface area contributed by atoms with Gasteiger partial charge in [-0.15, -0.1) is 0 Å². The molecule has 1 N–H and O–H groups in total. The number of fused-ring (bicyclic) bond motifs is 2. The largest absolute Gasteiger partial charge is 0.426 e. The van der Waals surface area contributed by atoms with Crippen LogP contribution in [0.3, 0.4) is 0 Å². The molecule has 6 nitrogen and oxygen atoms in total. The highest BCUT2D eigenvalue weighted by Crippen LogP contribution is 2.36. The van der Waals surface area contributed by atoms with Gasteiger partial charge in [-0.05, 0) is 37.4 Å². The van der Waals surface area contributed by atoms with Crippen LogP contribution in [0.5, 0.6) is 5.75 Å². The second-order valence-electron chi connectivity index (χ2n) is 6.80. The van der Waals surface area contributed by atoms with Gasteiger partial charge in [-0.1, -0.05) is 11.6 Å². The lowest BCUT2D eigenvalue weighted by molar-refractivity contribution is -0.135. The number of carbonyl (C=O) groups excluding carboxylic acids is 1. The third-order valence-corrected chi connectivity index (χ3v) is 5.02. The molecule has 0 unspecified atom stereocenters. The Bertz CT molecular complexity index is 1190. The van der Waals surface area contributed by atoms with Gasteiger partial charge in [0.2, 0.25) is 0 Å². The molecule has 1 atom stereocenters. The molecule has 0 saturated carbocycles. The van der Waals surface area contributed by atoms with Crippen molar-refractivity contribution in [2.45, 2.75) is 26.2 Å². The first kappa shape index (κ1) is 16.3. The standard InChI is InChI=1S/C20H18N2O4/c1-10-4-5-15-12(6-10)8-14(19(24)21-15)13-9-17(23)26-16-7-11(2)22(3)20(25)18(13)16/h4-8,13H,9H2,1-3H3,(H,21,24)/t13-/m0/s1. The molecule has 3 aromatic rings. The van der Waals surface area contributed by atoms with Gasteiger partial charge in [0, 0.05) is 35.8 Å². The quantitative estimate of drug-likeness (QED) is 0.683. The maximum absolute atomic E-state index is 12.8. The third kappa shape index (κ3) is 2.45. The van der Waals surface area contributed by atoms with E-state index in [1.165, 1.54) is 4.57 Å². The minimum absolute atomic E-state index is 0.0360. The minimum atomic E-state index is -0.626. The van der Waals surface area contributed by atoms with Crippen molar-refractivity contribution in [3.05, 3.63) is 73.4 Å². The Morgan fingerprint density at radius 1 is 1.12 bits per heavy atom. The maximum atomic E-state index is 12.8. The van der Waals surface area contributed by atoms with E-state index in [1.807, 2.05) is 25.1 Å². The zero-order valence-electron chi connectivity index (χ0n) is 14.8. The SMILES string of the molecule is Cc1ccc2[nH]c(=O)c([C@@H]3CC(=O)Oc4cc(C)n(C)c(=O)c43)cc2c1. The van der Waals surface area contributed by atoms with Crippen molar-refractivity contribution in [1.82, 2.24) is 9.55 Å². The molecule has 0 saturated heterocycles. The van der Waals surface area contributed by atoms with E-state index in [0.29, 0.717) is 16.8 Å². The van der Waals surface area contributed by atoms with Gasteiger partial charge in [0.1, 0.15) is 5.75 Å². The number of hydrogen-bond donors (Lipinski definition) is 1. The Morgan fingerprint density at radius 2 is 1.88 bits per heavy atom. The normalized spacial score (nSPS) is 16.4. The summed E-state index contributed by atoms with van der Waals surface area (Å²) in [6.07, 6.45) is -0.0360. The molecule has 0 amide bonds. The number of pyridine rings is 2. The van der Waals surface area contributed by atoms with Crippen LogP contribution in [-0.2, 0) is 11.8 Å². The number of esters is 1. The van der Waals surface area contributed by atoms with E-state index in [4.69, 9.17) is 4.74 Å². The van der Waals surface area contributed by atoms with Crippen LogP contribution in [0, 0.1) is 13.8 Å². The van der Waals surface area contributed by atoms with Crippen molar-refractivity contribution in [2.24, 2.45) is 7.05 Å². The number of H-pyrrole nitrogens is 1. The molecule has 4 rings (SSSR count). The summed E-state index contributed by atoms with van der Waals surface area (Å²) in [5.41, 5.74) is 2.68. The number of nitrogens with one attached hydrogen (secondary N) is 1. The lowest BCUT2D eigenvalue weighted by atomic mass is 9.87. The van der Waals surface area contributed by atoms with Gasteiger partial charge in [-0.25, -0.2) is 0 Å². The smallest absolute Gasteiger partial charge is 0.312 e. The molecule has 6 heteroatoms. The Balaban J connectivity index is 2.00. The topological polar surface area (TPSA) is 81.2 Å². The van der Waals surface area contributed by atoms with Crippen LogP contribution >= 0.6 is 0 Å². The van der Waals surface area contributed by atoms with E-state index in [2.05, 4.69) is 4.98 Å². The fourth-order valence-electron chi connectivity index (χ4n) is 3.52. The van der Waals surface area contributed by atoms with Gasteiger partial charge in [0.25, 0.3) is 11.1 Å². The van der Waals surface area contributed by atoms with Crippen molar-refractivity contribution in [3.63, 3.8) is 0 Å².